The van der Waals surface area contributed by atoms with Gasteiger partial charge in [-0.25, -0.2) is 9.59 Å². The average Bonchev–Trinajstić information content (AvgIpc) is 2.70. The molecule has 0 heterocycles. The lowest BCUT2D eigenvalue weighted by molar-refractivity contribution is -0.144. The zero-order valence-corrected chi connectivity index (χ0v) is 18.9. The fraction of sp³-hybridized carbons (Fsp3) is 0.522. The molecular weight excluding hydrogens is 400 g/mol. The smallest absolute Gasteiger partial charge is 0.407 e. The van der Waals surface area contributed by atoms with Crippen LogP contribution >= 0.6 is 0 Å². The van der Waals surface area contributed by atoms with E-state index in [0.717, 1.165) is 0 Å². The summed E-state index contributed by atoms with van der Waals surface area (Å²) in [7, 11) is 0. The summed E-state index contributed by atoms with van der Waals surface area (Å²) in [5, 5.41) is 5.39. The van der Waals surface area contributed by atoms with Crippen LogP contribution < -0.4 is 15.4 Å². The fourth-order valence-corrected chi connectivity index (χ4v) is 2.58. The van der Waals surface area contributed by atoms with E-state index in [1.165, 1.54) is 6.08 Å². The van der Waals surface area contributed by atoms with Gasteiger partial charge in [0, 0.05) is 12.1 Å². The Balaban J connectivity index is 2.58. The van der Waals surface area contributed by atoms with Crippen molar-refractivity contribution in [2.24, 2.45) is 0 Å². The predicted octanol–water partition coefficient (Wildman–Crippen LogP) is 3.61. The van der Waals surface area contributed by atoms with E-state index in [4.69, 9.17) is 14.2 Å². The minimum absolute atomic E-state index is 0.0639. The lowest BCUT2D eigenvalue weighted by Gasteiger charge is -2.20. The number of amides is 2. The van der Waals surface area contributed by atoms with Gasteiger partial charge in [0.05, 0.1) is 6.61 Å². The Morgan fingerprint density at radius 1 is 1.13 bits per heavy atom. The topological polar surface area (TPSA) is 103 Å². The van der Waals surface area contributed by atoms with Crippen molar-refractivity contribution < 1.29 is 28.6 Å². The molecule has 0 fully saturated rings. The van der Waals surface area contributed by atoms with Crippen molar-refractivity contribution in [3.8, 4) is 5.75 Å². The number of benzene rings is 1. The molecule has 0 aliphatic carbocycles. The molecule has 0 radical (unpaired) electrons. The van der Waals surface area contributed by atoms with Crippen molar-refractivity contribution in [2.75, 3.05) is 19.8 Å². The molecule has 1 atom stereocenters. The standard InChI is InChI=1S/C23H34N2O6/c1-6-16-30-21(27)19(10-8-9-15-24-22(28)31-23(3,4)5)25-20(26)17-11-13-18(14-12-17)29-7-2/h6,11-14,19H,1,7-10,15-16H2,2-5H3,(H,24,28)(H,25,26). The normalized spacial score (nSPS) is 11.7. The summed E-state index contributed by atoms with van der Waals surface area (Å²) < 4.78 is 15.7. The summed E-state index contributed by atoms with van der Waals surface area (Å²) in [4.78, 5) is 36.6. The summed E-state index contributed by atoms with van der Waals surface area (Å²) >= 11 is 0. The van der Waals surface area contributed by atoms with Crippen molar-refractivity contribution in [1.29, 1.82) is 0 Å². The van der Waals surface area contributed by atoms with Gasteiger partial charge < -0.3 is 24.8 Å². The minimum Gasteiger partial charge on any atom is -0.494 e. The first-order valence-electron chi connectivity index (χ1n) is 10.4. The van der Waals surface area contributed by atoms with Gasteiger partial charge in [0.15, 0.2) is 0 Å². The number of esters is 1. The van der Waals surface area contributed by atoms with E-state index in [-0.39, 0.29) is 12.5 Å². The maximum absolute atomic E-state index is 12.6. The monoisotopic (exact) mass is 434 g/mol. The van der Waals surface area contributed by atoms with Crippen LogP contribution in [0, 0.1) is 0 Å². The van der Waals surface area contributed by atoms with Gasteiger partial charge in [-0.05, 0) is 71.2 Å². The van der Waals surface area contributed by atoms with Crippen LogP contribution in [0.25, 0.3) is 0 Å². The van der Waals surface area contributed by atoms with Crippen LogP contribution in [0.2, 0.25) is 0 Å². The Morgan fingerprint density at radius 3 is 2.39 bits per heavy atom. The number of carbonyl (C=O) groups is 3. The first-order valence-corrected chi connectivity index (χ1v) is 10.4. The molecule has 0 spiro atoms. The molecule has 8 heteroatoms. The van der Waals surface area contributed by atoms with E-state index in [1.807, 2.05) is 6.92 Å². The third-order valence-electron chi connectivity index (χ3n) is 3.95. The van der Waals surface area contributed by atoms with Crippen LogP contribution in [-0.4, -0.2) is 49.4 Å². The second kappa shape index (κ2) is 13.3. The lowest BCUT2D eigenvalue weighted by Crippen LogP contribution is -2.42. The van der Waals surface area contributed by atoms with Crippen LogP contribution in [0.4, 0.5) is 4.79 Å². The summed E-state index contributed by atoms with van der Waals surface area (Å²) in [5.74, 6) is -0.242. The summed E-state index contributed by atoms with van der Waals surface area (Å²) in [5.41, 5.74) is -0.147. The Hall–Kier alpha value is -3.03. The number of unbranched alkanes of at least 4 members (excludes halogenated alkanes) is 1. The van der Waals surface area contributed by atoms with Gasteiger partial charge >= 0.3 is 12.1 Å². The van der Waals surface area contributed by atoms with E-state index in [0.29, 0.717) is 43.7 Å². The fourth-order valence-electron chi connectivity index (χ4n) is 2.58. The second-order valence-corrected chi connectivity index (χ2v) is 7.83. The number of hydrogen-bond acceptors (Lipinski definition) is 6. The zero-order valence-electron chi connectivity index (χ0n) is 18.9. The van der Waals surface area contributed by atoms with Crippen LogP contribution in [0.15, 0.2) is 36.9 Å². The molecule has 8 nitrogen and oxygen atoms in total. The van der Waals surface area contributed by atoms with Crippen LogP contribution in [0.5, 0.6) is 5.75 Å². The van der Waals surface area contributed by atoms with Crippen molar-refractivity contribution >= 4 is 18.0 Å². The minimum atomic E-state index is -0.805. The van der Waals surface area contributed by atoms with Crippen molar-refractivity contribution in [3.05, 3.63) is 42.5 Å². The molecule has 0 aliphatic heterocycles. The van der Waals surface area contributed by atoms with E-state index >= 15 is 0 Å². The molecule has 0 bridgehead atoms. The largest absolute Gasteiger partial charge is 0.494 e. The maximum atomic E-state index is 12.6. The molecule has 1 rings (SSSR count). The van der Waals surface area contributed by atoms with Gasteiger partial charge in [-0.15, -0.1) is 0 Å². The van der Waals surface area contributed by atoms with Crippen LogP contribution in [0.3, 0.4) is 0 Å². The summed E-state index contributed by atoms with van der Waals surface area (Å²) in [6, 6.07) is 5.87. The van der Waals surface area contributed by atoms with Crippen LogP contribution in [0.1, 0.15) is 57.3 Å². The first-order chi connectivity index (χ1) is 14.7. The van der Waals surface area contributed by atoms with Crippen LogP contribution in [-0.2, 0) is 14.3 Å². The first kappa shape index (κ1) is 26.0. The predicted molar refractivity (Wildman–Crippen MR) is 118 cm³/mol. The van der Waals surface area contributed by atoms with Gasteiger partial charge in [-0.2, -0.15) is 0 Å². The molecule has 31 heavy (non-hydrogen) atoms. The SMILES string of the molecule is C=CCOC(=O)C(CCCCNC(=O)OC(C)(C)C)NC(=O)c1ccc(OCC)cc1. The third kappa shape index (κ3) is 11.1. The number of hydrogen-bond donors (Lipinski definition) is 2. The molecule has 0 saturated heterocycles. The highest BCUT2D eigenvalue weighted by Gasteiger charge is 2.22. The number of rotatable bonds is 12. The zero-order chi connectivity index (χ0) is 23.3. The Morgan fingerprint density at radius 2 is 1.81 bits per heavy atom. The Kier molecular flexibility index (Phi) is 11.2. The average molecular weight is 435 g/mol. The van der Waals surface area contributed by atoms with Crippen molar-refractivity contribution in [1.82, 2.24) is 10.6 Å². The molecule has 0 aliphatic rings. The van der Waals surface area contributed by atoms with E-state index in [9.17, 15) is 14.4 Å². The highest BCUT2D eigenvalue weighted by Crippen LogP contribution is 2.13. The van der Waals surface area contributed by atoms with Gasteiger partial charge in [-0.3, -0.25) is 4.79 Å². The maximum Gasteiger partial charge on any atom is 0.407 e. The molecule has 1 unspecified atom stereocenters. The quantitative estimate of drug-likeness (QED) is 0.296. The van der Waals surface area contributed by atoms with E-state index < -0.39 is 23.7 Å². The number of alkyl carbamates (subject to hydrolysis) is 1. The molecule has 2 amide bonds. The van der Waals surface area contributed by atoms with Crippen molar-refractivity contribution in [3.63, 3.8) is 0 Å². The Labute approximate surface area is 184 Å². The van der Waals surface area contributed by atoms with Gasteiger partial charge in [0.25, 0.3) is 5.91 Å². The van der Waals surface area contributed by atoms with Gasteiger partial charge in [-0.1, -0.05) is 12.7 Å². The molecule has 2 N–H and O–H groups in total. The lowest BCUT2D eigenvalue weighted by atomic mass is 10.1. The number of carbonyl (C=O) groups excluding carboxylic acids is 3. The second-order valence-electron chi connectivity index (χ2n) is 7.83. The summed E-state index contributed by atoms with van der Waals surface area (Å²) in [6.07, 6.45) is 2.55. The highest BCUT2D eigenvalue weighted by molar-refractivity contribution is 5.96. The molecule has 172 valence electrons. The third-order valence-corrected chi connectivity index (χ3v) is 3.95. The summed E-state index contributed by atoms with van der Waals surface area (Å²) in [6.45, 7) is 11.8. The molecule has 0 saturated carbocycles. The molecule has 1 aromatic rings. The van der Waals surface area contributed by atoms with E-state index in [1.54, 1.807) is 45.0 Å². The highest BCUT2D eigenvalue weighted by atomic mass is 16.6. The Bertz CT molecular complexity index is 725. The molecule has 0 aromatic heterocycles. The van der Waals surface area contributed by atoms with Crippen molar-refractivity contribution in [2.45, 2.75) is 58.6 Å². The molecular formula is C23H34N2O6. The van der Waals surface area contributed by atoms with Gasteiger partial charge in [0.2, 0.25) is 0 Å². The number of nitrogens with one attached hydrogen (secondary N) is 2. The molecule has 1 aromatic carbocycles. The number of ether oxygens (including phenoxy) is 3. The van der Waals surface area contributed by atoms with E-state index in [2.05, 4.69) is 17.2 Å². The van der Waals surface area contributed by atoms with Gasteiger partial charge in [0.1, 0.15) is 24.0 Å².